The van der Waals surface area contributed by atoms with Gasteiger partial charge in [0, 0.05) is 5.69 Å². The Morgan fingerprint density at radius 1 is 1.22 bits per heavy atom. The van der Waals surface area contributed by atoms with E-state index in [-0.39, 0.29) is 18.3 Å². The van der Waals surface area contributed by atoms with Gasteiger partial charge in [0.25, 0.3) is 5.91 Å². The monoisotopic (exact) mass is 315 g/mol. The van der Waals surface area contributed by atoms with Crippen molar-refractivity contribution in [2.45, 2.75) is 13.8 Å². The molecule has 0 radical (unpaired) electrons. The molecule has 0 aliphatic heterocycles. The number of rotatable bonds is 5. The average molecular weight is 315 g/mol. The Balaban J connectivity index is 1.97. The first-order chi connectivity index (χ1) is 11.1. The van der Waals surface area contributed by atoms with E-state index in [1.54, 1.807) is 50.2 Å². The first kappa shape index (κ1) is 16.3. The van der Waals surface area contributed by atoms with Crippen LogP contribution in [0.2, 0.25) is 0 Å². The number of nitrogens with one attached hydrogen (secondary N) is 2. The molecule has 0 saturated heterocycles. The molecule has 1 aromatic carbocycles. The number of hydrogen-bond donors (Lipinski definition) is 2. The maximum atomic E-state index is 11.8. The van der Waals surface area contributed by atoms with Crippen molar-refractivity contribution < 1.29 is 18.7 Å². The van der Waals surface area contributed by atoms with E-state index in [9.17, 15) is 9.59 Å². The molecule has 7 heteroatoms. The lowest BCUT2D eigenvalue weighted by Crippen LogP contribution is -2.20. The second-order valence-corrected chi connectivity index (χ2v) is 4.54. The molecule has 1 aromatic heterocycles. The van der Waals surface area contributed by atoms with Gasteiger partial charge in [0.15, 0.2) is 5.76 Å². The lowest BCUT2D eigenvalue weighted by Gasteiger charge is -2.06. The van der Waals surface area contributed by atoms with Gasteiger partial charge in [0.05, 0.1) is 18.6 Å². The van der Waals surface area contributed by atoms with Crippen LogP contribution in [0.15, 0.2) is 52.2 Å². The molecular weight excluding hydrogens is 298 g/mol. The van der Waals surface area contributed by atoms with Crippen LogP contribution >= 0.6 is 0 Å². The first-order valence-corrected chi connectivity index (χ1v) is 7.02. The molecule has 2 amide bonds. The minimum Gasteiger partial charge on any atom is -0.459 e. The molecular formula is C16H17N3O4. The van der Waals surface area contributed by atoms with Crippen molar-refractivity contribution in [2.24, 2.45) is 5.10 Å². The number of nitrogens with zero attached hydrogens (tertiary/aromatic N) is 1. The molecule has 0 saturated carbocycles. The van der Waals surface area contributed by atoms with E-state index in [4.69, 9.17) is 9.15 Å². The normalized spacial score (nSPS) is 11.0. The second kappa shape index (κ2) is 7.79. The Hall–Kier alpha value is -3.09. The topological polar surface area (TPSA) is 92.9 Å². The standard InChI is InChI=1S/C16H17N3O4/c1-3-22-16(21)19-18-11(2)12-6-8-13(9-7-12)17-15(20)14-5-4-10-23-14/h4-10H,3H2,1-2H3,(H,17,20)(H,19,21)/b18-11+. The van der Waals surface area contributed by atoms with Gasteiger partial charge in [-0.15, -0.1) is 0 Å². The maximum absolute atomic E-state index is 11.8. The van der Waals surface area contributed by atoms with Gasteiger partial charge in [0.2, 0.25) is 0 Å². The molecule has 2 aromatic rings. The number of hydrazone groups is 1. The first-order valence-electron chi connectivity index (χ1n) is 7.02. The van der Waals surface area contributed by atoms with Gasteiger partial charge < -0.3 is 14.5 Å². The van der Waals surface area contributed by atoms with Crippen molar-refractivity contribution in [3.63, 3.8) is 0 Å². The molecule has 0 aliphatic carbocycles. The third-order valence-electron chi connectivity index (χ3n) is 2.90. The Labute approximate surface area is 133 Å². The average Bonchev–Trinajstić information content (AvgIpc) is 3.08. The summed E-state index contributed by atoms with van der Waals surface area (Å²) in [5, 5.41) is 6.65. The van der Waals surface area contributed by atoms with Crippen LogP contribution in [0.5, 0.6) is 0 Å². The summed E-state index contributed by atoms with van der Waals surface area (Å²) in [4.78, 5) is 23.0. The van der Waals surface area contributed by atoms with Crippen molar-refractivity contribution in [3.8, 4) is 0 Å². The van der Waals surface area contributed by atoms with Crippen LogP contribution in [0, 0.1) is 0 Å². The summed E-state index contributed by atoms with van der Waals surface area (Å²) in [5.41, 5.74) is 4.33. The lowest BCUT2D eigenvalue weighted by atomic mass is 10.1. The van der Waals surface area contributed by atoms with Gasteiger partial charge in [-0.1, -0.05) is 12.1 Å². The van der Waals surface area contributed by atoms with Crippen LogP contribution in [0.4, 0.5) is 10.5 Å². The maximum Gasteiger partial charge on any atom is 0.427 e. The largest absolute Gasteiger partial charge is 0.459 e. The lowest BCUT2D eigenvalue weighted by molar-refractivity contribution is 0.0996. The molecule has 0 fully saturated rings. The highest BCUT2D eigenvalue weighted by Gasteiger charge is 2.08. The highest BCUT2D eigenvalue weighted by molar-refractivity contribution is 6.03. The molecule has 0 spiro atoms. The van der Waals surface area contributed by atoms with Gasteiger partial charge in [-0.2, -0.15) is 5.10 Å². The SMILES string of the molecule is CCOC(=O)N/N=C(\C)c1ccc(NC(=O)c2ccco2)cc1. The third kappa shape index (κ3) is 4.70. The van der Waals surface area contributed by atoms with E-state index in [0.717, 1.165) is 5.56 Å². The van der Waals surface area contributed by atoms with Crippen LogP contribution in [0.25, 0.3) is 0 Å². The Bertz CT molecular complexity index is 691. The number of ether oxygens (including phenoxy) is 1. The Kier molecular flexibility index (Phi) is 5.51. The summed E-state index contributed by atoms with van der Waals surface area (Å²) >= 11 is 0. The van der Waals surface area contributed by atoms with E-state index in [2.05, 4.69) is 15.8 Å². The minimum absolute atomic E-state index is 0.241. The smallest absolute Gasteiger partial charge is 0.427 e. The van der Waals surface area contributed by atoms with Crippen LogP contribution in [-0.4, -0.2) is 24.3 Å². The molecule has 0 atom stereocenters. The van der Waals surface area contributed by atoms with Crippen molar-refractivity contribution in [1.29, 1.82) is 0 Å². The Morgan fingerprint density at radius 3 is 2.57 bits per heavy atom. The van der Waals surface area contributed by atoms with E-state index in [1.807, 2.05) is 0 Å². The molecule has 1 heterocycles. The second-order valence-electron chi connectivity index (χ2n) is 4.54. The summed E-state index contributed by atoms with van der Waals surface area (Å²) in [7, 11) is 0. The number of carbonyl (C=O) groups is 2. The van der Waals surface area contributed by atoms with Crippen LogP contribution in [0.1, 0.15) is 30.0 Å². The summed E-state index contributed by atoms with van der Waals surface area (Å²) in [6, 6.07) is 10.3. The number of hydrogen-bond acceptors (Lipinski definition) is 5. The molecule has 7 nitrogen and oxygen atoms in total. The zero-order chi connectivity index (χ0) is 16.7. The van der Waals surface area contributed by atoms with E-state index in [1.165, 1.54) is 6.26 Å². The van der Waals surface area contributed by atoms with Crippen LogP contribution < -0.4 is 10.7 Å². The quantitative estimate of drug-likeness (QED) is 0.655. The third-order valence-corrected chi connectivity index (χ3v) is 2.90. The van der Waals surface area contributed by atoms with Crippen molar-refractivity contribution >= 4 is 23.4 Å². The number of benzene rings is 1. The fourth-order valence-corrected chi connectivity index (χ4v) is 1.75. The summed E-state index contributed by atoms with van der Waals surface area (Å²) in [6.07, 6.45) is 0.836. The van der Waals surface area contributed by atoms with Gasteiger partial charge >= 0.3 is 6.09 Å². The summed E-state index contributed by atoms with van der Waals surface area (Å²) in [6.45, 7) is 3.75. The number of furan rings is 1. The molecule has 2 rings (SSSR count). The van der Waals surface area contributed by atoms with E-state index < -0.39 is 6.09 Å². The molecule has 2 N–H and O–H groups in total. The number of amides is 2. The molecule has 23 heavy (non-hydrogen) atoms. The fourth-order valence-electron chi connectivity index (χ4n) is 1.75. The number of carbonyl (C=O) groups excluding carboxylic acids is 2. The molecule has 120 valence electrons. The van der Waals surface area contributed by atoms with Crippen molar-refractivity contribution in [2.75, 3.05) is 11.9 Å². The molecule has 0 bridgehead atoms. The fraction of sp³-hybridized carbons (Fsp3) is 0.188. The zero-order valence-corrected chi connectivity index (χ0v) is 12.8. The zero-order valence-electron chi connectivity index (χ0n) is 12.8. The van der Waals surface area contributed by atoms with E-state index in [0.29, 0.717) is 11.4 Å². The van der Waals surface area contributed by atoms with Gasteiger partial charge in [-0.05, 0) is 43.7 Å². The van der Waals surface area contributed by atoms with Crippen LogP contribution in [-0.2, 0) is 4.74 Å². The number of anilines is 1. The van der Waals surface area contributed by atoms with Gasteiger partial charge in [-0.25, -0.2) is 10.2 Å². The summed E-state index contributed by atoms with van der Waals surface area (Å²) in [5.74, 6) is -0.0810. The van der Waals surface area contributed by atoms with Gasteiger partial charge in [0.1, 0.15) is 0 Å². The van der Waals surface area contributed by atoms with Crippen LogP contribution in [0.3, 0.4) is 0 Å². The molecule has 0 unspecified atom stereocenters. The Morgan fingerprint density at radius 2 is 1.96 bits per heavy atom. The van der Waals surface area contributed by atoms with Crippen molar-refractivity contribution in [1.82, 2.24) is 5.43 Å². The summed E-state index contributed by atoms with van der Waals surface area (Å²) < 4.78 is 9.73. The van der Waals surface area contributed by atoms with E-state index >= 15 is 0 Å². The molecule has 0 aliphatic rings. The predicted octanol–water partition coefficient (Wildman–Crippen LogP) is 3.00. The highest BCUT2D eigenvalue weighted by Crippen LogP contribution is 2.12. The van der Waals surface area contributed by atoms with Gasteiger partial charge in [-0.3, -0.25) is 4.79 Å². The minimum atomic E-state index is -0.603. The van der Waals surface area contributed by atoms with Crippen molar-refractivity contribution in [3.05, 3.63) is 54.0 Å². The predicted molar refractivity (Wildman–Crippen MR) is 85.5 cm³/mol. The highest BCUT2D eigenvalue weighted by atomic mass is 16.5.